The fraction of sp³-hybridized carbons (Fsp3) is 0. The molecular weight excluding hydrogens is 196 g/mol. The number of rotatable bonds is 7. The van der Waals surface area contributed by atoms with E-state index in [1.54, 1.807) is 36.5 Å². The molecule has 0 atom stereocenters. The minimum atomic E-state index is 0.688. The van der Waals surface area contributed by atoms with E-state index in [9.17, 15) is 0 Å². The quantitative estimate of drug-likeness (QED) is 0.454. The molecule has 0 saturated heterocycles. The molecule has 0 aromatic rings. The molecule has 0 N–H and O–H groups in total. The lowest BCUT2D eigenvalue weighted by Gasteiger charge is -1.98. The smallest absolute Gasteiger partial charge is 0.0885 e. The summed E-state index contributed by atoms with van der Waals surface area (Å²) in [5.74, 6) is 0. The van der Waals surface area contributed by atoms with Crippen molar-refractivity contribution >= 4 is 11.4 Å². The normalized spacial score (nSPS) is 13.0. The number of aliphatic imine (C=N–C) groups is 2. The van der Waals surface area contributed by atoms with Crippen LogP contribution in [0.5, 0.6) is 0 Å². The first-order valence-corrected chi connectivity index (χ1v) is 4.76. The molecule has 2 nitrogen and oxygen atoms in total. The van der Waals surface area contributed by atoms with Crippen LogP contribution in [0.25, 0.3) is 0 Å². The SMILES string of the molecule is C=C/C=C\C(=NC=C)C(/C=C\C=C)=NC=C. The third-order valence-electron chi connectivity index (χ3n) is 1.50. The molecule has 0 bridgehead atoms. The maximum absolute atomic E-state index is 4.12. The molecule has 0 aliphatic heterocycles. The van der Waals surface area contributed by atoms with E-state index in [1.807, 2.05) is 0 Å². The highest BCUT2D eigenvalue weighted by molar-refractivity contribution is 6.50. The summed E-state index contributed by atoms with van der Waals surface area (Å²) in [4.78, 5) is 8.23. The lowest BCUT2D eigenvalue weighted by molar-refractivity contribution is 1.56. The molecular formula is C14H16N2. The predicted molar refractivity (Wildman–Crippen MR) is 73.9 cm³/mol. The predicted octanol–water partition coefficient (Wildman–Crippen LogP) is 3.64. The second-order valence-electron chi connectivity index (χ2n) is 2.58. The standard InChI is InChI=1S/C14H16N2/c1-5-9-11-13(15-7-3)14(16-8-4)12-10-6-2/h5-12H,1-4H2/b11-9-,12-10-,15-13?,16-14?. The Morgan fingerprint density at radius 1 is 0.688 bits per heavy atom. The van der Waals surface area contributed by atoms with Crippen molar-refractivity contribution in [3.05, 3.63) is 75.2 Å². The third-order valence-corrected chi connectivity index (χ3v) is 1.50. The fourth-order valence-corrected chi connectivity index (χ4v) is 0.904. The Kier molecular flexibility index (Phi) is 8.04. The monoisotopic (exact) mass is 212 g/mol. The zero-order valence-electron chi connectivity index (χ0n) is 9.34. The molecule has 0 radical (unpaired) electrons. The van der Waals surface area contributed by atoms with Crippen molar-refractivity contribution in [2.75, 3.05) is 0 Å². The van der Waals surface area contributed by atoms with Crippen molar-refractivity contribution in [3.63, 3.8) is 0 Å². The van der Waals surface area contributed by atoms with Gasteiger partial charge in [0.2, 0.25) is 0 Å². The highest BCUT2D eigenvalue weighted by atomic mass is 14.8. The second-order valence-corrected chi connectivity index (χ2v) is 2.58. The Bertz CT molecular complexity index is 342. The lowest BCUT2D eigenvalue weighted by Crippen LogP contribution is -2.08. The van der Waals surface area contributed by atoms with E-state index < -0.39 is 0 Å². The van der Waals surface area contributed by atoms with Gasteiger partial charge in [0.05, 0.1) is 11.4 Å². The van der Waals surface area contributed by atoms with E-state index in [1.165, 1.54) is 12.4 Å². The average molecular weight is 212 g/mol. The van der Waals surface area contributed by atoms with E-state index in [0.29, 0.717) is 11.4 Å². The van der Waals surface area contributed by atoms with Crippen LogP contribution in [-0.2, 0) is 0 Å². The highest BCUT2D eigenvalue weighted by Gasteiger charge is 1.99. The molecule has 0 aliphatic rings. The van der Waals surface area contributed by atoms with E-state index in [-0.39, 0.29) is 0 Å². The summed E-state index contributed by atoms with van der Waals surface area (Å²) in [6.07, 6.45) is 13.4. The van der Waals surface area contributed by atoms with E-state index in [0.717, 1.165) is 0 Å². The van der Waals surface area contributed by atoms with Crippen LogP contribution < -0.4 is 0 Å². The van der Waals surface area contributed by atoms with Crippen LogP contribution in [-0.4, -0.2) is 11.4 Å². The molecule has 2 heteroatoms. The van der Waals surface area contributed by atoms with Gasteiger partial charge in [-0.2, -0.15) is 0 Å². The van der Waals surface area contributed by atoms with Gasteiger partial charge in [-0.3, -0.25) is 9.98 Å². The Hall–Kier alpha value is -2.22. The van der Waals surface area contributed by atoms with Gasteiger partial charge in [-0.1, -0.05) is 50.6 Å². The van der Waals surface area contributed by atoms with Crippen molar-refractivity contribution in [3.8, 4) is 0 Å². The molecule has 0 fully saturated rings. The molecule has 0 aromatic carbocycles. The van der Waals surface area contributed by atoms with Crippen molar-refractivity contribution < 1.29 is 0 Å². The maximum atomic E-state index is 4.12. The van der Waals surface area contributed by atoms with Crippen LogP contribution in [0.1, 0.15) is 0 Å². The van der Waals surface area contributed by atoms with Gasteiger partial charge in [0.25, 0.3) is 0 Å². The van der Waals surface area contributed by atoms with Crippen molar-refractivity contribution in [1.82, 2.24) is 0 Å². The second kappa shape index (κ2) is 9.34. The number of nitrogens with zero attached hydrogens (tertiary/aromatic N) is 2. The fourth-order valence-electron chi connectivity index (χ4n) is 0.904. The van der Waals surface area contributed by atoms with Crippen molar-refractivity contribution in [1.29, 1.82) is 0 Å². The minimum Gasteiger partial charge on any atom is -0.255 e. The number of hydrogen-bond acceptors (Lipinski definition) is 2. The van der Waals surface area contributed by atoms with E-state index >= 15 is 0 Å². The molecule has 0 heterocycles. The van der Waals surface area contributed by atoms with Crippen LogP contribution in [0.15, 0.2) is 85.2 Å². The van der Waals surface area contributed by atoms with Gasteiger partial charge < -0.3 is 0 Å². The molecule has 0 saturated carbocycles. The number of allylic oxidation sites excluding steroid dienone is 6. The molecule has 82 valence electrons. The largest absolute Gasteiger partial charge is 0.255 e. The van der Waals surface area contributed by atoms with Crippen LogP contribution >= 0.6 is 0 Å². The van der Waals surface area contributed by atoms with E-state index in [4.69, 9.17) is 0 Å². The number of hydrogen-bond donors (Lipinski definition) is 0. The van der Waals surface area contributed by atoms with Crippen LogP contribution in [0.2, 0.25) is 0 Å². The molecule has 16 heavy (non-hydrogen) atoms. The average Bonchev–Trinajstić information content (AvgIpc) is 2.30. The Morgan fingerprint density at radius 3 is 1.31 bits per heavy atom. The molecule has 0 spiro atoms. The van der Waals surface area contributed by atoms with Gasteiger partial charge in [-0.15, -0.1) is 0 Å². The summed E-state index contributed by atoms with van der Waals surface area (Å²) in [6.45, 7) is 14.3. The minimum absolute atomic E-state index is 0.688. The summed E-state index contributed by atoms with van der Waals surface area (Å²) in [7, 11) is 0. The summed E-state index contributed by atoms with van der Waals surface area (Å²) < 4.78 is 0. The zero-order valence-corrected chi connectivity index (χ0v) is 9.34. The van der Waals surface area contributed by atoms with Crippen molar-refractivity contribution in [2.45, 2.75) is 0 Å². The molecule has 0 unspecified atom stereocenters. The first-order chi connectivity index (χ1) is 7.79. The first kappa shape index (κ1) is 13.8. The van der Waals surface area contributed by atoms with Gasteiger partial charge in [-0.25, -0.2) is 0 Å². The molecule has 0 aliphatic carbocycles. The highest BCUT2D eigenvalue weighted by Crippen LogP contribution is 1.94. The van der Waals surface area contributed by atoms with Gasteiger partial charge in [0.1, 0.15) is 0 Å². The van der Waals surface area contributed by atoms with Gasteiger partial charge in [0, 0.05) is 12.4 Å². The summed E-state index contributed by atoms with van der Waals surface area (Å²) >= 11 is 0. The Balaban J connectivity index is 5.25. The van der Waals surface area contributed by atoms with Crippen LogP contribution in [0.3, 0.4) is 0 Å². The van der Waals surface area contributed by atoms with Gasteiger partial charge >= 0.3 is 0 Å². The van der Waals surface area contributed by atoms with Crippen molar-refractivity contribution in [2.24, 2.45) is 9.98 Å². The summed E-state index contributed by atoms with van der Waals surface area (Å²) in [6, 6.07) is 0. The topological polar surface area (TPSA) is 24.7 Å². The van der Waals surface area contributed by atoms with Gasteiger partial charge in [-0.05, 0) is 12.2 Å². The maximum Gasteiger partial charge on any atom is 0.0885 e. The van der Waals surface area contributed by atoms with E-state index in [2.05, 4.69) is 36.3 Å². The zero-order chi connectivity index (χ0) is 12.2. The van der Waals surface area contributed by atoms with Crippen LogP contribution in [0.4, 0.5) is 0 Å². The Labute approximate surface area is 97.1 Å². The molecule has 0 rings (SSSR count). The summed E-state index contributed by atoms with van der Waals surface area (Å²) in [5.41, 5.74) is 1.38. The van der Waals surface area contributed by atoms with Gasteiger partial charge in [0.15, 0.2) is 0 Å². The third kappa shape index (κ3) is 5.50. The lowest BCUT2D eigenvalue weighted by atomic mass is 10.2. The first-order valence-electron chi connectivity index (χ1n) is 4.76. The molecule has 0 amide bonds. The summed E-state index contributed by atoms with van der Waals surface area (Å²) in [5, 5.41) is 0. The molecule has 0 aromatic heterocycles. The van der Waals surface area contributed by atoms with Crippen LogP contribution in [0, 0.1) is 0 Å². The Morgan fingerprint density at radius 2 is 1.06 bits per heavy atom.